The first kappa shape index (κ1) is 17.8. The number of nitrogen functional groups attached to an aromatic ring is 1. The van der Waals surface area contributed by atoms with Gasteiger partial charge in [-0.2, -0.15) is 0 Å². The number of halogens is 2. The van der Waals surface area contributed by atoms with Gasteiger partial charge < -0.3 is 21.2 Å². The summed E-state index contributed by atoms with van der Waals surface area (Å²) in [5.41, 5.74) is 12.7. The lowest BCUT2D eigenvalue weighted by molar-refractivity contribution is 0.335. The predicted molar refractivity (Wildman–Crippen MR) is 90.1 cm³/mol. The Morgan fingerprint density at radius 2 is 2.21 bits per heavy atom. The van der Waals surface area contributed by atoms with Crippen LogP contribution < -0.4 is 22.0 Å². The zero-order chi connectivity index (χ0) is 17.7. The third-order valence-corrected chi connectivity index (χ3v) is 3.29. The van der Waals surface area contributed by atoms with Gasteiger partial charge in [-0.25, -0.2) is 20.2 Å². The van der Waals surface area contributed by atoms with Gasteiger partial charge in [0, 0.05) is 18.0 Å². The molecule has 0 unspecified atom stereocenters. The van der Waals surface area contributed by atoms with Gasteiger partial charge in [0.25, 0.3) is 0 Å². The van der Waals surface area contributed by atoms with Crippen molar-refractivity contribution in [2.45, 2.75) is 13.5 Å². The first-order chi connectivity index (χ1) is 11.3. The molecule has 7 nitrogen and oxygen atoms in total. The van der Waals surface area contributed by atoms with E-state index in [-0.39, 0.29) is 18.2 Å². The number of nitrogens with two attached hydrogens (primary N) is 3. The van der Waals surface area contributed by atoms with Crippen LogP contribution >= 0.6 is 11.6 Å². The predicted octanol–water partition coefficient (Wildman–Crippen LogP) is 1.71. The summed E-state index contributed by atoms with van der Waals surface area (Å²) in [6.45, 7) is 2.07. The van der Waals surface area contributed by atoms with Gasteiger partial charge in [0.2, 0.25) is 0 Å². The summed E-state index contributed by atoms with van der Waals surface area (Å²) < 4.78 is 18.4. The average Bonchev–Trinajstić information content (AvgIpc) is 2.49. The van der Waals surface area contributed by atoms with Crippen molar-refractivity contribution in [2.24, 2.45) is 11.6 Å². The van der Waals surface area contributed by atoms with E-state index in [1.54, 1.807) is 13.1 Å². The highest BCUT2D eigenvalue weighted by atomic mass is 35.5. The minimum Gasteiger partial charge on any atom is -0.486 e. The number of benzene rings is 1. The highest BCUT2D eigenvalue weighted by molar-refractivity contribution is 6.32. The molecule has 0 amide bonds. The molecule has 0 spiro atoms. The lowest BCUT2D eigenvalue weighted by Crippen LogP contribution is -2.27. The Bertz CT molecular complexity index is 755. The number of aryl methyl sites for hydroxylation is 1. The molecular formula is C15H18ClFN6O. The Kier molecular flexibility index (Phi) is 5.78. The summed E-state index contributed by atoms with van der Waals surface area (Å²) in [7, 11) is 0. The number of ether oxygens (including phenoxy) is 1. The lowest BCUT2D eigenvalue weighted by atomic mass is 10.3. The third-order valence-electron chi connectivity index (χ3n) is 2.99. The van der Waals surface area contributed by atoms with Crippen LogP contribution in [0.15, 0.2) is 36.3 Å². The lowest BCUT2D eigenvalue weighted by Gasteiger charge is -2.16. The molecule has 2 aromatic rings. The molecule has 1 aromatic carbocycles. The summed E-state index contributed by atoms with van der Waals surface area (Å²) in [6, 6.07) is 3.83. The number of rotatable bonds is 6. The zero-order valence-electron chi connectivity index (χ0n) is 13.0. The van der Waals surface area contributed by atoms with E-state index in [2.05, 4.69) is 9.97 Å². The van der Waals surface area contributed by atoms with Crippen LogP contribution in [0.1, 0.15) is 11.4 Å². The van der Waals surface area contributed by atoms with Crippen molar-refractivity contribution in [3.05, 3.63) is 58.5 Å². The maximum absolute atomic E-state index is 13.0. The van der Waals surface area contributed by atoms with Gasteiger partial charge in [-0.05, 0) is 25.1 Å². The van der Waals surface area contributed by atoms with Gasteiger partial charge >= 0.3 is 0 Å². The van der Waals surface area contributed by atoms with Gasteiger partial charge in [0.1, 0.15) is 29.8 Å². The maximum Gasteiger partial charge on any atom is 0.138 e. The van der Waals surface area contributed by atoms with Crippen LogP contribution in [0.5, 0.6) is 5.75 Å². The minimum absolute atomic E-state index is 0.0406. The first-order valence-corrected chi connectivity index (χ1v) is 7.36. The highest BCUT2D eigenvalue weighted by Crippen LogP contribution is 2.25. The van der Waals surface area contributed by atoms with E-state index in [9.17, 15) is 4.39 Å². The number of anilines is 1. The largest absolute Gasteiger partial charge is 0.486 e. The van der Waals surface area contributed by atoms with E-state index in [0.717, 1.165) is 6.07 Å². The van der Waals surface area contributed by atoms with Gasteiger partial charge in [-0.3, -0.25) is 0 Å². The van der Waals surface area contributed by atoms with Crippen molar-refractivity contribution >= 4 is 17.4 Å². The second-order valence-corrected chi connectivity index (χ2v) is 5.47. The highest BCUT2D eigenvalue weighted by Gasteiger charge is 2.06. The fraction of sp³-hybridized carbons (Fsp3) is 0.200. The van der Waals surface area contributed by atoms with Crippen molar-refractivity contribution in [3.63, 3.8) is 0 Å². The van der Waals surface area contributed by atoms with E-state index in [4.69, 9.17) is 33.6 Å². The normalized spacial score (nSPS) is 11.4. The van der Waals surface area contributed by atoms with Crippen LogP contribution in [0, 0.1) is 12.7 Å². The smallest absolute Gasteiger partial charge is 0.138 e. The maximum atomic E-state index is 13.0. The summed E-state index contributed by atoms with van der Waals surface area (Å²) >= 11 is 5.87. The van der Waals surface area contributed by atoms with Crippen LogP contribution in [0.3, 0.4) is 0 Å². The quantitative estimate of drug-likeness (QED) is 0.535. The van der Waals surface area contributed by atoms with Crippen molar-refractivity contribution in [1.29, 1.82) is 0 Å². The monoisotopic (exact) mass is 352 g/mol. The summed E-state index contributed by atoms with van der Waals surface area (Å²) in [6.07, 6.45) is 3.10. The standard InChI is InChI=1S/C15H18ClFN6O/c1-9-21-5-10(15(19)22-9)6-23(20)7-12(18)8-24-14-3-2-11(17)4-13(14)16/h2-5,7H,6,8,18,20H2,1H3,(H2,19,21,22)/b12-7-. The minimum atomic E-state index is -0.443. The molecule has 0 fully saturated rings. The van der Waals surface area contributed by atoms with Crippen LogP contribution in [0.4, 0.5) is 10.2 Å². The Hall–Kier alpha value is -2.58. The Labute approximate surface area is 143 Å². The molecule has 0 saturated heterocycles. The van der Waals surface area contributed by atoms with Crippen molar-refractivity contribution in [2.75, 3.05) is 12.3 Å². The number of hydrogen-bond donors (Lipinski definition) is 3. The summed E-state index contributed by atoms with van der Waals surface area (Å²) in [5.74, 6) is 6.70. The van der Waals surface area contributed by atoms with E-state index < -0.39 is 5.82 Å². The molecule has 0 aliphatic carbocycles. The molecule has 6 N–H and O–H groups in total. The number of hydrazine groups is 1. The van der Waals surface area contributed by atoms with Crippen LogP contribution in [0.25, 0.3) is 0 Å². The number of nitrogens with zero attached hydrogens (tertiary/aromatic N) is 3. The molecular weight excluding hydrogens is 335 g/mol. The van der Waals surface area contributed by atoms with Crippen molar-refractivity contribution in [1.82, 2.24) is 15.0 Å². The molecule has 0 radical (unpaired) electrons. The van der Waals surface area contributed by atoms with E-state index in [0.29, 0.717) is 28.7 Å². The first-order valence-electron chi connectivity index (χ1n) is 6.98. The average molecular weight is 353 g/mol. The summed E-state index contributed by atoms with van der Waals surface area (Å²) in [4.78, 5) is 8.13. The fourth-order valence-electron chi connectivity index (χ4n) is 1.88. The SMILES string of the molecule is Cc1ncc(CN(N)/C=C(\N)COc2ccc(F)cc2Cl)c(N)n1. The molecule has 0 saturated carbocycles. The topological polar surface area (TPSA) is 116 Å². The molecule has 1 aromatic heterocycles. The number of hydrogen-bond acceptors (Lipinski definition) is 7. The van der Waals surface area contributed by atoms with Gasteiger partial charge in [-0.1, -0.05) is 11.6 Å². The Morgan fingerprint density at radius 3 is 2.88 bits per heavy atom. The third kappa shape index (κ3) is 4.97. The number of aromatic nitrogens is 2. The molecule has 2 rings (SSSR count). The Morgan fingerprint density at radius 1 is 1.46 bits per heavy atom. The van der Waals surface area contributed by atoms with Crippen molar-refractivity contribution < 1.29 is 9.13 Å². The van der Waals surface area contributed by atoms with Gasteiger partial charge in [0.15, 0.2) is 0 Å². The molecule has 128 valence electrons. The fourth-order valence-corrected chi connectivity index (χ4v) is 2.10. The van der Waals surface area contributed by atoms with E-state index in [1.165, 1.54) is 23.3 Å². The molecule has 0 bridgehead atoms. The van der Waals surface area contributed by atoms with Crippen LogP contribution in [0.2, 0.25) is 5.02 Å². The molecule has 9 heteroatoms. The summed E-state index contributed by atoms with van der Waals surface area (Å²) in [5, 5.41) is 1.51. The van der Waals surface area contributed by atoms with Crippen LogP contribution in [-0.2, 0) is 6.54 Å². The molecule has 1 heterocycles. The molecule has 0 aliphatic rings. The zero-order valence-corrected chi connectivity index (χ0v) is 13.8. The van der Waals surface area contributed by atoms with Crippen molar-refractivity contribution in [3.8, 4) is 5.75 Å². The van der Waals surface area contributed by atoms with Gasteiger partial charge in [-0.15, -0.1) is 0 Å². The molecule has 0 atom stereocenters. The Balaban J connectivity index is 1.94. The van der Waals surface area contributed by atoms with E-state index in [1.807, 2.05) is 0 Å². The van der Waals surface area contributed by atoms with Gasteiger partial charge in [0.05, 0.1) is 17.3 Å². The van der Waals surface area contributed by atoms with E-state index >= 15 is 0 Å². The van der Waals surface area contributed by atoms with Crippen LogP contribution in [-0.4, -0.2) is 21.6 Å². The molecule has 0 aliphatic heterocycles. The second-order valence-electron chi connectivity index (χ2n) is 5.07. The molecule has 24 heavy (non-hydrogen) atoms. The second kappa shape index (κ2) is 7.80.